The third-order valence-electron chi connectivity index (χ3n) is 3.52. The van der Waals surface area contributed by atoms with Gasteiger partial charge in [0.2, 0.25) is 0 Å². The third-order valence-corrected chi connectivity index (χ3v) is 3.52. The van der Waals surface area contributed by atoms with E-state index in [1.807, 2.05) is 18.2 Å². The fourth-order valence-electron chi connectivity index (χ4n) is 2.37. The predicted molar refractivity (Wildman–Crippen MR) is 72.3 cm³/mol. The maximum absolute atomic E-state index is 5.89. The van der Waals surface area contributed by atoms with E-state index < -0.39 is 0 Å². The molecule has 94 valence electrons. The Hall–Kier alpha value is -1.02. The molecule has 2 nitrogen and oxygen atoms in total. The van der Waals surface area contributed by atoms with Crippen molar-refractivity contribution < 1.29 is 4.74 Å². The van der Waals surface area contributed by atoms with Crippen molar-refractivity contribution in [3.8, 4) is 0 Å². The molecule has 1 saturated carbocycles. The summed E-state index contributed by atoms with van der Waals surface area (Å²) >= 11 is 0. The van der Waals surface area contributed by atoms with Crippen molar-refractivity contribution in [3.63, 3.8) is 0 Å². The summed E-state index contributed by atoms with van der Waals surface area (Å²) in [6.07, 6.45) is 5.65. The molecule has 17 heavy (non-hydrogen) atoms. The Morgan fingerprint density at radius 2 is 1.82 bits per heavy atom. The Morgan fingerprint density at radius 3 is 2.53 bits per heavy atom. The molecule has 0 radical (unpaired) electrons. The van der Waals surface area contributed by atoms with E-state index in [2.05, 4.69) is 24.4 Å². The van der Waals surface area contributed by atoms with Gasteiger partial charge in [0.1, 0.15) is 0 Å². The lowest BCUT2D eigenvalue weighted by molar-refractivity contribution is 0.0257. The highest BCUT2D eigenvalue weighted by molar-refractivity contribution is 5.42. The minimum absolute atomic E-state index is 0.503. The van der Waals surface area contributed by atoms with E-state index in [0.29, 0.717) is 6.10 Å². The molecule has 1 aromatic carbocycles. The standard InChI is InChI=1S/C15H23NO/c1-13-7-9-15(10-8-13)17-12-11-16-14-5-3-2-4-6-14/h2-6,13,15-16H,7-12H2,1H3. The minimum Gasteiger partial charge on any atom is -0.383 e. The van der Waals surface area contributed by atoms with Crippen LogP contribution in [0.2, 0.25) is 0 Å². The number of hydrogen-bond donors (Lipinski definition) is 1. The second-order valence-corrected chi connectivity index (χ2v) is 5.05. The summed E-state index contributed by atoms with van der Waals surface area (Å²) in [5.41, 5.74) is 1.17. The summed E-state index contributed by atoms with van der Waals surface area (Å²) in [4.78, 5) is 0. The topological polar surface area (TPSA) is 21.3 Å². The summed E-state index contributed by atoms with van der Waals surface area (Å²) in [6, 6.07) is 10.3. The number of ether oxygens (including phenoxy) is 1. The summed E-state index contributed by atoms with van der Waals surface area (Å²) in [7, 11) is 0. The van der Waals surface area contributed by atoms with E-state index in [0.717, 1.165) is 19.1 Å². The van der Waals surface area contributed by atoms with Gasteiger partial charge in [-0.2, -0.15) is 0 Å². The van der Waals surface area contributed by atoms with Crippen molar-refractivity contribution in [3.05, 3.63) is 30.3 Å². The molecular weight excluding hydrogens is 210 g/mol. The number of nitrogens with one attached hydrogen (secondary N) is 1. The predicted octanol–water partition coefficient (Wildman–Crippen LogP) is 3.69. The van der Waals surface area contributed by atoms with Crippen LogP contribution in [0.3, 0.4) is 0 Å². The Morgan fingerprint density at radius 1 is 1.12 bits per heavy atom. The lowest BCUT2D eigenvalue weighted by atomic mass is 9.89. The lowest BCUT2D eigenvalue weighted by Gasteiger charge is -2.26. The summed E-state index contributed by atoms with van der Waals surface area (Å²) in [6.45, 7) is 4.05. The normalized spacial score (nSPS) is 24.5. The maximum atomic E-state index is 5.89. The molecule has 0 aromatic heterocycles. The highest BCUT2D eigenvalue weighted by atomic mass is 16.5. The number of rotatable bonds is 5. The second-order valence-electron chi connectivity index (χ2n) is 5.05. The minimum atomic E-state index is 0.503. The van der Waals surface area contributed by atoms with Gasteiger partial charge in [-0.25, -0.2) is 0 Å². The smallest absolute Gasteiger partial charge is 0.0642 e. The van der Waals surface area contributed by atoms with E-state index in [1.165, 1.54) is 31.4 Å². The first kappa shape index (κ1) is 12.4. The summed E-state index contributed by atoms with van der Waals surface area (Å²) in [5, 5.41) is 3.37. The van der Waals surface area contributed by atoms with E-state index in [4.69, 9.17) is 4.74 Å². The van der Waals surface area contributed by atoms with Gasteiger partial charge in [-0.15, -0.1) is 0 Å². The van der Waals surface area contributed by atoms with Gasteiger partial charge >= 0.3 is 0 Å². The molecule has 0 heterocycles. The number of benzene rings is 1. The SMILES string of the molecule is CC1CCC(OCCNc2ccccc2)CC1. The Balaban J connectivity index is 1.57. The molecule has 0 aliphatic heterocycles. The first-order chi connectivity index (χ1) is 8.34. The van der Waals surface area contributed by atoms with Crippen molar-refractivity contribution in [1.29, 1.82) is 0 Å². The van der Waals surface area contributed by atoms with Gasteiger partial charge in [0, 0.05) is 12.2 Å². The van der Waals surface area contributed by atoms with Crippen LogP contribution in [0.1, 0.15) is 32.6 Å². The highest BCUT2D eigenvalue weighted by Crippen LogP contribution is 2.25. The molecule has 1 aliphatic carbocycles. The molecule has 2 rings (SSSR count). The van der Waals surface area contributed by atoms with Crippen LogP contribution in [0, 0.1) is 5.92 Å². The van der Waals surface area contributed by atoms with Crippen molar-refractivity contribution in [2.24, 2.45) is 5.92 Å². The van der Waals surface area contributed by atoms with Crippen LogP contribution in [0.15, 0.2) is 30.3 Å². The van der Waals surface area contributed by atoms with Gasteiger partial charge in [-0.3, -0.25) is 0 Å². The van der Waals surface area contributed by atoms with Crippen LogP contribution in [-0.2, 0) is 4.74 Å². The largest absolute Gasteiger partial charge is 0.383 e. The van der Waals surface area contributed by atoms with Gasteiger partial charge in [-0.1, -0.05) is 25.1 Å². The number of para-hydroxylation sites is 1. The third kappa shape index (κ3) is 4.39. The number of anilines is 1. The van der Waals surface area contributed by atoms with Crippen LogP contribution >= 0.6 is 0 Å². The Bertz CT molecular complexity index is 304. The van der Waals surface area contributed by atoms with Crippen molar-refractivity contribution in [1.82, 2.24) is 0 Å². The van der Waals surface area contributed by atoms with Gasteiger partial charge in [0.05, 0.1) is 12.7 Å². The zero-order chi connectivity index (χ0) is 11.9. The lowest BCUT2D eigenvalue weighted by Crippen LogP contribution is -2.23. The van der Waals surface area contributed by atoms with Crippen molar-refractivity contribution >= 4 is 5.69 Å². The molecule has 0 atom stereocenters. The molecule has 1 aliphatic rings. The molecule has 1 fully saturated rings. The molecule has 1 aromatic rings. The average Bonchev–Trinajstić information content (AvgIpc) is 2.38. The summed E-state index contributed by atoms with van der Waals surface area (Å²) in [5.74, 6) is 0.900. The Labute approximate surface area is 104 Å². The molecule has 0 saturated heterocycles. The van der Waals surface area contributed by atoms with E-state index >= 15 is 0 Å². The van der Waals surface area contributed by atoms with Gasteiger partial charge in [0.25, 0.3) is 0 Å². The fraction of sp³-hybridized carbons (Fsp3) is 0.600. The monoisotopic (exact) mass is 233 g/mol. The molecule has 0 amide bonds. The van der Waals surface area contributed by atoms with Crippen LogP contribution < -0.4 is 5.32 Å². The maximum Gasteiger partial charge on any atom is 0.0642 e. The van der Waals surface area contributed by atoms with Gasteiger partial charge in [0.15, 0.2) is 0 Å². The van der Waals surface area contributed by atoms with Crippen LogP contribution in [0.25, 0.3) is 0 Å². The van der Waals surface area contributed by atoms with E-state index in [1.54, 1.807) is 0 Å². The molecule has 0 bridgehead atoms. The van der Waals surface area contributed by atoms with Gasteiger partial charge in [-0.05, 0) is 43.7 Å². The second kappa shape index (κ2) is 6.65. The highest BCUT2D eigenvalue weighted by Gasteiger charge is 2.17. The zero-order valence-corrected chi connectivity index (χ0v) is 10.7. The van der Waals surface area contributed by atoms with Crippen molar-refractivity contribution in [2.75, 3.05) is 18.5 Å². The van der Waals surface area contributed by atoms with E-state index in [9.17, 15) is 0 Å². The summed E-state index contributed by atoms with van der Waals surface area (Å²) < 4.78 is 5.89. The molecule has 1 N–H and O–H groups in total. The quantitative estimate of drug-likeness (QED) is 0.783. The first-order valence-electron chi connectivity index (χ1n) is 6.75. The molecule has 0 spiro atoms. The van der Waals surface area contributed by atoms with Crippen LogP contribution in [0.4, 0.5) is 5.69 Å². The zero-order valence-electron chi connectivity index (χ0n) is 10.7. The Kier molecular flexibility index (Phi) is 4.87. The molecular formula is C15H23NO. The number of hydrogen-bond acceptors (Lipinski definition) is 2. The van der Waals surface area contributed by atoms with Crippen LogP contribution in [-0.4, -0.2) is 19.3 Å². The van der Waals surface area contributed by atoms with Crippen molar-refractivity contribution in [2.45, 2.75) is 38.7 Å². The molecule has 0 unspecified atom stereocenters. The fourth-order valence-corrected chi connectivity index (χ4v) is 2.37. The molecule has 2 heteroatoms. The van der Waals surface area contributed by atoms with Crippen LogP contribution in [0.5, 0.6) is 0 Å². The van der Waals surface area contributed by atoms with Gasteiger partial charge < -0.3 is 10.1 Å². The first-order valence-corrected chi connectivity index (χ1v) is 6.75. The van der Waals surface area contributed by atoms with E-state index in [-0.39, 0.29) is 0 Å². The average molecular weight is 233 g/mol.